The first-order chi connectivity index (χ1) is 15.9. The van der Waals surface area contributed by atoms with Gasteiger partial charge >= 0.3 is 0 Å². The van der Waals surface area contributed by atoms with Crippen LogP contribution in [0.15, 0.2) is 73.5 Å². The fourth-order valence-electron chi connectivity index (χ4n) is 3.28. The van der Waals surface area contributed by atoms with Crippen molar-refractivity contribution in [1.82, 2.24) is 19.5 Å². The van der Waals surface area contributed by atoms with Gasteiger partial charge in [0.1, 0.15) is 5.76 Å². The maximum absolute atomic E-state index is 12.8. The van der Waals surface area contributed by atoms with Gasteiger partial charge in [-0.3, -0.25) is 0 Å². The van der Waals surface area contributed by atoms with Gasteiger partial charge in [-0.25, -0.2) is 13.4 Å². The Bertz CT molecular complexity index is 1330. The summed E-state index contributed by atoms with van der Waals surface area (Å²) < 4.78 is 38.6. The molecule has 0 radical (unpaired) electrons. The van der Waals surface area contributed by atoms with Crippen molar-refractivity contribution in [2.75, 3.05) is 13.1 Å². The Hall–Kier alpha value is -2.95. The first-order valence-electron chi connectivity index (χ1n) is 10.5. The minimum absolute atomic E-state index is 0.197. The highest BCUT2D eigenvalue weighted by atomic mass is 32.2. The number of rotatable bonds is 9. The van der Waals surface area contributed by atoms with Crippen molar-refractivity contribution in [3.63, 3.8) is 0 Å². The second kappa shape index (κ2) is 9.90. The number of thioether (sulfide) groups is 1. The smallest absolute Gasteiger partial charge is 0.277 e. The number of sulfonamides is 1. The molecule has 0 aliphatic carbocycles. The molecule has 0 spiro atoms. The molecule has 10 heteroatoms. The van der Waals surface area contributed by atoms with Crippen LogP contribution >= 0.6 is 11.8 Å². The van der Waals surface area contributed by atoms with Crippen LogP contribution in [0.4, 0.5) is 0 Å². The van der Waals surface area contributed by atoms with E-state index in [1.807, 2.05) is 51.1 Å². The maximum atomic E-state index is 12.8. The van der Waals surface area contributed by atoms with E-state index in [-0.39, 0.29) is 10.8 Å². The fourth-order valence-corrected chi connectivity index (χ4v) is 5.55. The van der Waals surface area contributed by atoms with Crippen LogP contribution in [0.5, 0.6) is 0 Å². The number of benzene rings is 2. The van der Waals surface area contributed by atoms with E-state index in [1.54, 1.807) is 24.3 Å². The molecule has 172 valence electrons. The van der Waals surface area contributed by atoms with Gasteiger partial charge in [-0.05, 0) is 37.3 Å². The Morgan fingerprint density at radius 3 is 2.36 bits per heavy atom. The lowest BCUT2D eigenvalue weighted by atomic mass is 10.2. The van der Waals surface area contributed by atoms with E-state index in [2.05, 4.69) is 15.2 Å². The number of oxazole rings is 1. The molecule has 33 heavy (non-hydrogen) atoms. The molecule has 0 unspecified atom stereocenters. The third kappa shape index (κ3) is 5.02. The zero-order valence-corrected chi connectivity index (χ0v) is 20.2. The second-order valence-electron chi connectivity index (χ2n) is 7.17. The number of hydrogen-bond donors (Lipinski definition) is 0. The van der Waals surface area contributed by atoms with Gasteiger partial charge in [-0.1, -0.05) is 49.9 Å². The average Bonchev–Trinajstić information content (AvgIpc) is 3.46. The summed E-state index contributed by atoms with van der Waals surface area (Å²) in [6.07, 6.45) is 0. The highest BCUT2D eigenvalue weighted by Crippen LogP contribution is 2.29. The predicted octanol–water partition coefficient (Wildman–Crippen LogP) is 5.02. The van der Waals surface area contributed by atoms with E-state index in [0.717, 1.165) is 17.0 Å². The lowest BCUT2D eigenvalue weighted by molar-refractivity contribution is 0.445. The van der Waals surface area contributed by atoms with E-state index in [4.69, 9.17) is 8.83 Å². The Kier molecular flexibility index (Phi) is 6.96. The summed E-state index contributed by atoms with van der Waals surface area (Å²) >= 11 is 1.34. The maximum Gasteiger partial charge on any atom is 0.277 e. The van der Waals surface area contributed by atoms with E-state index >= 15 is 0 Å². The molecule has 0 bridgehead atoms. The van der Waals surface area contributed by atoms with Crippen LogP contribution in [0.2, 0.25) is 0 Å². The number of aryl methyl sites for hydroxylation is 1. The molecule has 4 aromatic rings. The highest BCUT2D eigenvalue weighted by molar-refractivity contribution is 7.98. The third-order valence-corrected chi connectivity index (χ3v) is 7.95. The largest absolute Gasteiger partial charge is 0.441 e. The predicted molar refractivity (Wildman–Crippen MR) is 126 cm³/mol. The monoisotopic (exact) mass is 484 g/mol. The summed E-state index contributed by atoms with van der Waals surface area (Å²) in [5.74, 6) is 2.06. The van der Waals surface area contributed by atoms with Crippen LogP contribution in [0, 0.1) is 6.92 Å². The van der Waals surface area contributed by atoms with E-state index < -0.39 is 10.0 Å². The van der Waals surface area contributed by atoms with Gasteiger partial charge in [-0.15, -0.1) is 10.2 Å². The lowest BCUT2D eigenvalue weighted by Crippen LogP contribution is -2.30. The van der Waals surface area contributed by atoms with E-state index in [0.29, 0.717) is 35.5 Å². The quantitative estimate of drug-likeness (QED) is 0.305. The van der Waals surface area contributed by atoms with Gasteiger partial charge in [-0.2, -0.15) is 4.31 Å². The Balaban J connectivity index is 1.49. The molecule has 2 heterocycles. The normalized spacial score (nSPS) is 11.9. The van der Waals surface area contributed by atoms with Crippen molar-refractivity contribution in [2.45, 2.75) is 36.6 Å². The van der Waals surface area contributed by atoms with Crippen molar-refractivity contribution in [1.29, 1.82) is 0 Å². The van der Waals surface area contributed by atoms with Crippen LogP contribution in [-0.2, 0) is 15.8 Å². The Morgan fingerprint density at radius 1 is 0.909 bits per heavy atom. The van der Waals surface area contributed by atoms with Gasteiger partial charge < -0.3 is 8.83 Å². The molecule has 4 rings (SSSR count). The molecule has 0 saturated carbocycles. The van der Waals surface area contributed by atoms with Crippen LogP contribution in [0.1, 0.15) is 25.3 Å². The van der Waals surface area contributed by atoms with Crippen LogP contribution < -0.4 is 0 Å². The molecule has 8 nitrogen and oxygen atoms in total. The van der Waals surface area contributed by atoms with Gasteiger partial charge in [0.15, 0.2) is 0 Å². The summed E-state index contributed by atoms with van der Waals surface area (Å²) in [4.78, 5) is 4.78. The minimum Gasteiger partial charge on any atom is -0.441 e. The summed E-state index contributed by atoms with van der Waals surface area (Å²) in [6, 6.07) is 16.3. The highest BCUT2D eigenvalue weighted by Gasteiger charge is 2.23. The van der Waals surface area contributed by atoms with Gasteiger partial charge in [0.05, 0.1) is 10.6 Å². The minimum atomic E-state index is -3.58. The molecule has 0 N–H and O–H groups in total. The van der Waals surface area contributed by atoms with Crippen LogP contribution in [0.25, 0.3) is 22.9 Å². The SMILES string of the molecule is CCN(CC)S(=O)(=O)c1cccc(-c2nnc(SCc3nc(-c4ccccc4)oc3C)o2)c1. The van der Waals surface area contributed by atoms with Crippen molar-refractivity contribution in [2.24, 2.45) is 0 Å². The second-order valence-corrected chi connectivity index (χ2v) is 10.0. The molecule has 2 aromatic heterocycles. The summed E-state index contributed by atoms with van der Waals surface area (Å²) in [5, 5.41) is 8.55. The molecule has 0 atom stereocenters. The molecule has 0 saturated heterocycles. The van der Waals surface area contributed by atoms with Gasteiger partial charge in [0.25, 0.3) is 5.22 Å². The third-order valence-electron chi connectivity index (χ3n) is 5.08. The average molecular weight is 485 g/mol. The number of nitrogens with zero attached hydrogens (tertiary/aromatic N) is 4. The summed E-state index contributed by atoms with van der Waals surface area (Å²) in [5.41, 5.74) is 2.26. The van der Waals surface area contributed by atoms with Gasteiger partial charge in [0.2, 0.25) is 21.8 Å². The van der Waals surface area contributed by atoms with Crippen molar-refractivity contribution in [3.8, 4) is 22.9 Å². The molecular weight excluding hydrogens is 460 g/mol. The van der Waals surface area contributed by atoms with Crippen LogP contribution in [-0.4, -0.2) is 41.0 Å². The van der Waals surface area contributed by atoms with Gasteiger partial charge in [0, 0.05) is 30.0 Å². The zero-order chi connectivity index (χ0) is 23.4. The topological polar surface area (TPSA) is 102 Å². The molecule has 0 aliphatic rings. The number of hydrogen-bond acceptors (Lipinski definition) is 8. The first-order valence-corrected chi connectivity index (χ1v) is 12.9. The Morgan fingerprint density at radius 2 is 1.64 bits per heavy atom. The molecule has 0 aliphatic heterocycles. The van der Waals surface area contributed by atoms with Crippen LogP contribution in [0.3, 0.4) is 0 Å². The standard InChI is InChI=1S/C23H24N4O4S2/c1-4-27(5-2)33(28,29)19-13-9-12-18(14-19)22-25-26-23(31-22)32-15-20-16(3)30-21(24-20)17-10-7-6-8-11-17/h6-14H,4-5,15H2,1-3H3. The summed E-state index contributed by atoms with van der Waals surface area (Å²) in [6.45, 7) is 6.30. The van der Waals surface area contributed by atoms with Crippen molar-refractivity contribution < 1.29 is 17.3 Å². The van der Waals surface area contributed by atoms with E-state index in [9.17, 15) is 8.42 Å². The molecule has 0 fully saturated rings. The van der Waals surface area contributed by atoms with Crippen molar-refractivity contribution >= 4 is 21.8 Å². The lowest BCUT2D eigenvalue weighted by Gasteiger charge is -2.18. The summed E-state index contributed by atoms with van der Waals surface area (Å²) in [7, 11) is -3.58. The Labute approximate surface area is 197 Å². The van der Waals surface area contributed by atoms with Crippen molar-refractivity contribution in [3.05, 3.63) is 66.1 Å². The van der Waals surface area contributed by atoms with E-state index in [1.165, 1.54) is 16.1 Å². The molecule has 2 aromatic carbocycles. The molecule has 0 amide bonds. The number of aromatic nitrogens is 3. The fraction of sp³-hybridized carbons (Fsp3) is 0.261. The first kappa shape index (κ1) is 23.2. The zero-order valence-electron chi connectivity index (χ0n) is 18.6. The molecular formula is C23H24N4O4S2.